The number of aryl methyl sites for hydroxylation is 1. The maximum Gasteiger partial charge on any atom is 0.237 e. The van der Waals surface area contributed by atoms with Gasteiger partial charge in [-0.3, -0.25) is 4.79 Å². The quantitative estimate of drug-likeness (QED) is 0.835. The lowest BCUT2D eigenvalue weighted by molar-refractivity contribution is -0.123. The number of amides is 1. The van der Waals surface area contributed by atoms with Crippen LogP contribution in [0.2, 0.25) is 0 Å². The maximum absolute atomic E-state index is 12.1. The van der Waals surface area contributed by atoms with E-state index in [1.54, 1.807) is 0 Å². The van der Waals surface area contributed by atoms with Gasteiger partial charge < -0.3 is 16.0 Å². The number of carbonyl (C=O) groups is 1. The van der Waals surface area contributed by atoms with Gasteiger partial charge in [0.2, 0.25) is 5.91 Å². The number of rotatable bonds is 6. The largest absolute Gasteiger partial charge is 0.352 e. The first-order chi connectivity index (χ1) is 10.2. The Morgan fingerprint density at radius 2 is 2.00 bits per heavy atom. The van der Waals surface area contributed by atoms with Gasteiger partial charge in [0.05, 0.1) is 6.04 Å². The number of benzene rings is 1. The Hall–Kier alpha value is -1.39. The summed E-state index contributed by atoms with van der Waals surface area (Å²) in [5.41, 5.74) is 7.25. The first-order valence-electron chi connectivity index (χ1n) is 8.01. The van der Waals surface area contributed by atoms with Crippen LogP contribution in [0.5, 0.6) is 0 Å². The van der Waals surface area contributed by atoms with Gasteiger partial charge in [0, 0.05) is 19.1 Å². The summed E-state index contributed by atoms with van der Waals surface area (Å²) in [6.07, 6.45) is 3.61. The molecule has 1 saturated heterocycles. The van der Waals surface area contributed by atoms with Crippen LogP contribution in [-0.4, -0.2) is 42.5 Å². The topological polar surface area (TPSA) is 58.4 Å². The van der Waals surface area contributed by atoms with Crippen LogP contribution in [-0.2, 0) is 11.2 Å². The zero-order valence-corrected chi connectivity index (χ0v) is 12.9. The van der Waals surface area contributed by atoms with Gasteiger partial charge >= 0.3 is 0 Å². The zero-order valence-electron chi connectivity index (χ0n) is 12.9. The Bertz CT molecular complexity index is 427. The minimum Gasteiger partial charge on any atom is -0.352 e. The maximum atomic E-state index is 12.1. The second-order valence-corrected chi connectivity index (χ2v) is 5.85. The summed E-state index contributed by atoms with van der Waals surface area (Å²) in [6.45, 7) is 5.41. The van der Waals surface area contributed by atoms with Crippen LogP contribution in [0, 0.1) is 0 Å². The smallest absolute Gasteiger partial charge is 0.237 e. The summed E-state index contributed by atoms with van der Waals surface area (Å²) in [4.78, 5) is 14.5. The lowest BCUT2D eigenvalue weighted by atomic mass is 10.0. The number of nitrogens with one attached hydrogen (secondary N) is 1. The van der Waals surface area contributed by atoms with Crippen molar-refractivity contribution in [2.75, 3.05) is 19.6 Å². The Morgan fingerprint density at radius 3 is 2.62 bits per heavy atom. The van der Waals surface area contributed by atoms with Crippen LogP contribution in [0.25, 0.3) is 0 Å². The molecule has 2 rings (SSSR count). The summed E-state index contributed by atoms with van der Waals surface area (Å²) in [6, 6.07) is 10.1. The molecule has 21 heavy (non-hydrogen) atoms. The molecule has 1 amide bonds. The summed E-state index contributed by atoms with van der Waals surface area (Å²) >= 11 is 0. The fourth-order valence-corrected chi connectivity index (χ4v) is 2.80. The third-order valence-electron chi connectivity index (χ3n) is 4.30. The molecular formula is C17H27N3O. The average molecular weight is 289 g/mol. The number of hydrogen-bond acceptors (Lipinski definition) is 3. The van der Waals surface area contributed by atoms with Crippen molar-refractivity contribution in [3.8, 4) is 0 Å². The molecule has 1 atom stereocenters. The van der Waals surface area contributed by atoms with E-state index in [1.165, 1.54) is 5.56 Å². The van der Waals surface area contributed by atoms with Crippen LogP contribution in [0.3, 0.4) is 0 Å². The highest BCUT2D eigenvalue weighted by Crippen LogP contribution is 2.10. The van der Waals surface area contributed by atoms with E-state index in [4.69, 9.17) is 5.73 Å². The second kappa shape index (κ2) is 8.15. The highest BCUT2D eigenvalue weighted by molar-refractivity contribution is 5.81. The van der Waals surface area contributed by atoms with Gasteiger partial charge in [-0.1, -0.05) is 37.3 Å². The fourth-order valence-electron chi connectivity index (χ4n) is 2.80. The molecular weight excluding hydrogens is 262 g/mol. The third kappa shape index (κ3) is 5.14. The molecule has 0 aliphatic carbocycles. The van der Waals surface area contributed by atoms with Crippen molar-refractivity contribution in [3.63, 3.8) is 0 Å². The molecule has 1 aliphatic rings. The molecule has 1 aromatic carbocycles. The molecule has 1 heterocycles. The van der Waals surface area contributed by atoms with Crippen molar-refractivity contribution >= 4 is 5.91 Å². The molecule has 0 spiro atoms. The van der Waals surface area contributed by atoms with E-state index in [0.29, 0.717) is 12.5 Å². The van der Waals surface area contributed by atoms with Crippen molar-refractivity contribution < 1.29 is 4.79 Å². The lowest BCUT2D eigenvalue weighted by Gasteiger charge is -2.32. The van der Waals surface area contributed by atoms with Crippen molar-refractivity contribution in [2.45, 2.75) is 44.7 Å². The average Bonchev–Trinajstić information content (AvgIpc) is 2.54. The standard InChI is InChI=1S/C17H27N3O/c1-2-20-12-10-15(11-13-20)19-17(21)16(18)9-8-14-6-4-3-5-7-14/h3-7,15-16H,2,8-13,18H2,1H3,(H,19,21). The highest BCUT2D eigenvalue weighted by Gasteiger charge is 2.22. The van der Waals surface area contributed by atoms with E-state index in [2.05, 4.69) is 29.3 Å². The summed E-state index contributed by atoms with van der Waals surface area (Å²) < 4.78 is 0. The van der Waals surface area contributed by atoms with Gasteiger partial charge in [-0.15, -0.1) is 0 Å². The van der Waals surface area contributed by atoms with Gasteiger partial charge in [-0.2, -0.15) is 0 Å². The molecule has 116 valence electrons. The van der Waals surface area contributed by atoms with Crippen molar-refractivity contribution in [3.05, 3.63) is 35.9 Å². The Balaban J connectivity index is 1.70. The minimum absolute atomic E-state index is 0.000814. The number of hydrogen-bond donors (Lipinski definition) is 2. The summed E-state index contributed by atoms with van der Waals surface area (Å²) in [5.74, 6) is 0.000814. The van der Waals surface area contributed by atoms with Crippen LogP contribution in [0.15, 0.2) is 30.3 Å². The van der Waals surface area contributed by atoms with Gasteiger partial charge in [-0.05, 0) is 37.8 Å². The van der Waals surface area contributed by atoms with Gasteiger partial charge in [0.25, 0.3) is 0 Å². The molecule has 0 saturated carbocycles. The summed E-state index contributed by atoms with van der Waals surface area (Å²) in [5, 5.41) is 3.11. The Morgan fingerprint density at radius 1 is 1.33 bits per heavy atom. The molecule has 1 fully saturated rings. The first-order valence-corrected chi connectivity index (χ1v) is 8.01. The molecule has 4 nitrogen and oxygen atoms in total. The molecule has 4 heteroatoms. The Labute approximate surface area is 127 Å². The fraction of sp³-hybridized carbons (Fsp3) is 0.588. The molecule has 1 aromatic rings. The minimum atomic E-state index is -0.408. The molecule has 1 aliphatic heterocycles. The molecule has 0 radical (unpaired) electrons. The van der Waals surface area contributed by atoms with Gasteiger partial charge in [0.15, 0.2) is 0 Å². The number of carbonyl (C=O) groups excluding carboxylic acids is 1. The molecule has 0 bridgehead atoms. The van der Waals surface area contributed by atoms with Crippen molar-refractivity contribution in [1.82, 2.24) is 10.2 Å². The van der Waals surface area contributed by atoms with Crippen LogP contribution < -0.4 is 11.1 Å². The van der Waals surface area contributed by atoms with E-state index in [1.807, 2.05) is 18.2 Å². The first kappa shape index (κ1) is 16.0. The summed E-state index contributed by atoms with van der Waals surface area (Å²) in [7, 11) is 0. The number of piperidine rings is 1. The number of nitrogens with two attached hydrogens (primary N) is 1. The number of likely N-dealkylation sites (tertiary alicyclic amines) is 1. The van der Waals surface area contributed by atoms with E-state index >= 15 is 0 Å². The molecule has 0 aromatic heterocycles. The predicted octanol–water partition coefficient (Wildman–Crippen LogP) is 1.55. The van der Waals surface area contributed by atoms with Gasteiger partial charge in [-0.25, -0.2) is 0 Å². The van der Waals surface area contributed by atoms with Crippen molar-refractivity contribution in [2.24, 2.45) is 5.73 Å². The SMILES string of the molecule is CCN1CCC(NC(=O)C(N)CCc2ccccc2)CC1. The number of nitrogens with zero attached hydrogens (tertiary/aromatic N) is 1. The monoisotopic (exact) mass is 289 g/mol. The zero-order chi connectivity index (χ0) is 15.1. The lowest BCUT2D eigenvalue weighted by Crippen LogP contribution is -2.49. The van der Waals surface area contributed by atoms with Crippen LogP contribution in [0.4, 0.5) is 0 Å². The third-order valence-corrected chi connectivity index (χ3v) is 4.30. The molecule has 1 unspecified atom stereocenters. The van der Waals surface area contributed by atoms with E-state index in [9.17, 15) is 4.79 Å². The van der Waals surface area contributed by atoms with E-state index in [0.717, 1.165) is 38.9 Å². The predicted molar refractivity (Wildman–Crippen MR) is 86.0 cm³/mol. The van der Waals surface area contributed by atoms with Gasteiger partial charge in [0.1, 0.15) is 0 Å². The molecule has 3 N–H and O–H groups in total. The van der Waals surface area contributed by atoms with Crippen LogP contribution in [0.1, 0.15) is 31.7 Å². The van der Waals surface area contributed by atoms with E-state index in [-0.39, 0.29) is 5.91 Å². The Kier molecular flexibility index (Phi) is 6.21. The van der Waals surface area contributed by atoms with E-state index < -0.39 is 6.04 Å². The second-order valence-electron chi connectivity index (χ2n) is 5.85. The van der Waals surface area contributed by atoms with Crippen LogP contribution >= 0.6 is 0 Å². The highest BCUT2D eigenvalue weighted by atomic mass is 16.2. The normalized spacial score (nSPS) is 18.4. The van der Waals surface area contributed by atoms with Crippen molar-refractivity contribution in [1.29, 1.82) is 0 Å².